The molecule has 0 fully saturated rings. The molecular formula is C29H33N3O2S. The molecule has 4 aromatic rings. The predicted molar refractivity (Wildman–Crippen MR) is 146 cm³/mol. The van der Waals surface area contributed by atoms with E-state index in [0.717, 1.165) is 50.8 Å². The average molecular weight is 488 g/mol. The minimum absolute atomic E-state index is 0.0214. The lowest BCUT2D eigenvalue weighted by Gasteiger charge is -2.24. The highest BCUT2D eigenvalue weighted by Crippen LogP contribution is 2.37. The van der Waals surface area contributed by atoms with Crippen molar-refractivity contribution in [1.29, 1.82) is 0 Å². The van der Waals surface area contributed by atoms with Gasteiger partial charge in [0.1, 0.15) is 11.3 Å². The number of aromatic nitrogens is 1. The summed E-state index contributed by atoms with van der Waals surface area (Å²) in [6.45, 7) is 3.59. The van der Waals surface area contributed by atoms with Gasteiger partial charge in [-0.2, -0.15) is 0 Å². The van der Waals surface area contributed by atoms with Crippen LogP contribution in [0.4, 0.5) is 5.13 Å². The van der Waals surface area contributed by atoms with Crippen LogP contribution in [0.15, 0.2) is 72.8 Å². The first-order chi connectivity index (χ1) is 17.0. The normalized spacial score (nSPS) is 11.4. The van der Waals surface area contributed by atoms with E-state index in [1.165, 1.54) is 0 Å². The van der Waals surface area contributed by atoms with Crippen LogP contribution in [0.3, 0.4) is 0 Å². The molecule has 0 aliphatic carbocycles. The van der Waals surface area contributed by atoms with Crippen molar-refractivity contribution in [3.05, 3.63) is 89.5 Å². The van der Waals surface area contributed by atoms with E-state index < -0.39 is 0 Å². The third-order valence-electron chi connectivity index (χ3n) is 6.21. The molecule has 5 nitrogen and oxygen atoms in total. The molecule has 0 aliphatic heterocycles. The van der Waals surface area contributed by atoms with Gasteiger partial charge in [0.25, 0.3) is 0 Å². The lowest BCUT2D eigenvalue weighted by Crippen LogP contribution is -2.34. The smallest absolute Gasteiger partial charge is 0.229 e. The SMILES string of the molecule is COc1ccc(C)c2sc(N(CCCN(C)C)C(=O)CC(c3ccccc3)c3ccccc3)nc12. The third kappa shape index (κ3) is 5.89. The van der Waals surface area contributed by atoms with Crippen molar-refractivity contribution in [3.63, 3.8) is 0 Å². The second-order valence-electron chi connectivity index (χ2n) is 9.04. The number of ether oxygens (including phenoxy) is 1. The molecule has 1 heterocycles. The van der Waals surface area contributed by atoms with Crippen LogP contribution >= 0.6 is 11.3 Å². The van der Waals surface area contributed by atoms with E-state index in [0.29, 0.717) is 13.0 Å². The van der Waals surface area contributed by atoms with Gasteiger partial charge >= 0.3 is 0 Å². The fourth-order valence-corrected chi connectivity index (χ4v) is 5.43. The quantitative estimate of drug-likeness (QED) is 0.270. The lowest BCUT2D eigenvalue weighted by molar-refractivity contribution is -0.118. The Morgan fingerprint density at radius 2 is 1.57 bits per heavy atom. The zero-order chi connectivity index (χ0) is 24.8. The Morgan fingerprint density at radius 3 is 2.14 bits per heavy atom. The molecule has 1 aromatic heterocycles. The van der Waals surface area contributed by atoms with Crippen molar-refractivity contribution in [2.75, 3.05) is 39.2 Å². The van der Waals surface area contributed by atoms with Gasteiger partial charge in [-0.3, -0.25) is 9.69 Å². The van der Waals surface area contributed by atoms with Crippen LogP contribution in [0.1, 0.15) is 35.4 Å². The Morgan fingerprint density at radius 1 is 0.943 bits per heavy atom. The van der Waals surface area contributed by atoms with Gasteiger partial charge in [-0.05, 0) is 56.7 Å². The average Bonchev–Trinajstić information content (AvgIpc) is 3.32. The van der Waals surface area contributed by atoms with Crippen LogP contribution < -0.4 is 9.64 Å². The summed E-state index contributed by atoms with van der Waals surface area (Å²) in [6, 6.07) is 24.6. The predicted octanol–water partition coefficient (Wildman–Crippen LogP) is 6.12. The van der Waals surface area contributed by atoms with E-state index in [1.807, 2.05) is 53.4 Å². The van der Waals surface area contributed by atoms with Crippen molar-refractivity contribution in [3.8, 4) is 5.75 Å². The molecule has 4 rings (SSSR count). The molecular weight excluding hydrogens is 454 g/mol. The molecule has 0 aliphatic rings. The minimum atomic E-state index is -0.0214. The highest BCUT2D eigenvalue weighted by molar-refractivity contribution is 7.22. The van der Waals surface area contributed by atoms with E-state index in [4.69, 9.17) is 9.72 Å². The molecule has 6 heteroatoms. The molecule has 0 bridgehead atoms. The molecule has 35 heavy (non-hydrogen) atoms. The van der Waals surface area contributed by atoms with E-state index in [1.54, 1.807) is 18.4 Å². The van der Waals surface area contributed by atoms with E-state index in [-0.39, 0.29) is 11.8 Å². The Kier molecular flexibility index (Phi) is 8.16. The van der Waals surface area contributed by atoms with Crippen LogP contribution in [0.25, 0.3) is 10.2 Å². The first-order valence-corrected chi connectivity index (χ1v) is 12.8. The number of rotatable bonds is 10. The number of methoxy groups -OCH3 is 1. The maximum absolute atomic E-state index is 13.9. The van der Waals surface area contributed by atoms with Crippen molar-refractivity contribution < 1.29 is 9.53 Å². The summed E-state index contributed by atoms with van der Waals surface area (Å²) >= 11 is 1.57. The van der Waals surface area contributed by atoms with E-state index in [2.05, 4.69) is 50.2 Å². The second-order valence-corrected chi connectivity index (χ2v) is 10.0. The number of hydrogen-bond donors (Lipinski definition) is 0. The lowest BCUT2D eigenvalue weighted by atomic mass is 9.88. The van der Waals surface area contributed by atoms with Crippen LogP contribution in [-0.2, 0) is 4.79 Å². The molecule has 1 amide bonds. The number of hydrogen-bond acceptors (Lipinski definition) is 5. The summed E-state index contributed by atoms with van der Waals surface area (Å²) < 4.78 is 6.63. The van der Waals surface area contributed by atoms with E-state index in [9.17, 15) is 4.79 Å². The molecule has 0 atom stereocenters. The number of amides is 1. The Hall–Kier alpha value is -3.22. The number of anilines is 1. The van der Waals surface area contributed by atoms with Gasteiger partial charge in [-0.15, -0.1) is 0 Å². The number of aryl methyl sites for hydroxylation is 1. The van der Waals surface area contributed by atoms with Crippen LogP contribution in [0.5, 0.6) is 5.75 Å². The van der Waals surface area contributed by atoms with Crippen molar-refractivity contribution in [2.24, 2.45) is 0 Å². The summed E-state index contributed by atoms with van der Waals surface area (Å²) in [7, 11) is 5.77. The number of nitrogens with zero attached hydrogens (tertiary/aromatic N) is 3. The van der Waals surface area contributed by atoms with Gasteiger partial charge in [-0.25, -0.2) is 4.98 Å². The van der Waals surface area contributed by atoms with Crippen LogP contribution in [-0.4, -0.2) is 50.1 Å². The van der Waals surface area contributed by atoms with Gasteiger partial charge in [0.15, 0.2) is 5.13 Å². The summed E-state index contributed by atoms with van der Waals surface area (Å²) in [4.78, 5) is 22.9. The molecule has 0 N–H and O–H groups in total. The highest BCUT2D eigenvalue weighted by atomic mass is 32.1. The number of thiazole rings is 1. The molecule has 0 spiro atoms. The Bertz CT molecular complexity index is 1220. The summed E-state index contributed by atoms with van der Waals surface area (Å²) in [5, 5.41) is 0.733. The van der Waals surface area contributed by atoms with Gasteiger partial charge in [0.2, 0.25) is 5.91 Å². The molecule has 3 aromatic carbocycles. The maximum atomic E-state index is 13.9. The van der Waals surface area contributed by atoms with Crippen molar-refractivity contribution in [1.82, 2.24) is 9.88 Å². The number of fused-ring (bicyclic) bond motifs is 1. The second kappa shape index (κ2) is 11.5. The summed E-state index contributed by atoms with van der Waals surface area (Å²) in [5.41, 5.74) is 4.24. The molecule has 182 valence electrons. The topological polar surface area (TPSA) is 45.7 Å². The fourth-order valence-electron chi connectivity index (χ4n) is 4.33. The van der Waals surface area contributed by atoms with Crippen LogP contribution in [0, 0.1) is 6.92 Å². The molecule has 0 unspecified atom stereocenters. The summed E-state index contributed by atoms with van der Waals surface area (Å²) in [6.07, 6.45) is 1.24. The largest absolute Gasteiger partial charge is 0.494 e. The zero-order valence-corrected chi connectivity index (χ0v) is 21.7. The van der Waals surface area contributed by atoms with Crippen LogP contribution in [0.2, 0.25) is 0 Å². The van der Waals surface area contributed by atoms with Crippen molar-refractivity contribution in [2.45, 2.75) is 25.7 Å². The highest BCUT2D eigenvalue weighted by Gasteiger charge is 2.26. The van der Waals surface area contributed by atoms with E-state index >= 15 is 0 Å². The number of carbonyl (C=O) groups excluding carboxylic acids is 1. The minimum Gasteiger partial charge on any atom is -0.494 e. The first kappa shape index (κ1) is 24.9. The van der Waals surface area contributed by atoms with Gasteiger partial charge in [0, 0.05) is 18.9 Å². The first-order valence-electron chi connectivity index (χ1n) is 12.0. The Labute approximate surface area is 212 Å². The van der Waals surface area contributed by atoms with Gasteiger partial charge in [0.05, 0.1) is 11.8 Å². The monoisotopic (exact) mass is 487 g/mol. The maximum Gasteiger partial charge on any atom is 0.229 e. The Balaban J connectivity index is 1.69. The zero-order valence-electron chi connectivity index (χ0n) is 20.9. The van der Waals surface area contributed by atoms with Crippen molar-refractivity contribution >= 4 is 32.6 Å². The fraction of sp³-hybridized carbons (Fsp3) is 0.310. The number of carbonyl (C=O) groups is 1. The van der Waals surface area contributed by atoms with Gasteiger partial charge < -0.3 is 9.64 Å². The summed E-state index contributed by atoms with van der Waals surface area (Å²) in [5.74, 6) is 0.796. The third-order valence-corrected chi connectivity index (χ3v) is 7.43. The molecule has 0 radical (unpaired) electrons. The standard InChI is InChI=1S/C29H33N3O2S/c1-21-16-17-25(34-4)27-28(21)35-29(30-27)32(19-11-18-31(2)3)26(33)20-24(22-12-7-5-8-13-22)23-14-9-6-10-15-23/h5-10,12-17,24H,11,18-20H2,1-4H3. The molecule has 0 saturated heterocycles. The number of benzene rings is 3. The molecule has 0 saturated carbocycles. The van der Waals surface area contributed by atoms with Gasteiger partial charge in [-0.1, -0.05) is 78.1 Å².